The van der Waals surface area contributed by atoms with Crippen LogP contribution in [-0.4, -0.2) is 40.1 Å². The number of rotatable bonds is 3. The fraction of sp³-hybridized carbons (Fsp3) is 0.846. The summed E-state index contributed by atoms with van der Waals surface area (Å²) in [6.07, 6.45) is 3.50. The van der Waals surface area contributed by atoms with Gasteiger partial charge in [-0.15, -0.1) is 0 Å². The number of nitrogens with zero attached hydrogens (tertiary/aromatic N) is 1. The second-order valence-electron chi connectivity index (χ2n) is 5.76. The molecular formula is C13H22N2O3. The molecule has 2 rings (SSSR count). The molecule has 18 heavy (non-hydrogen) atoms. The highest BCUT2D eigenvalue weighted by molar-refractivity contribution is 6.07. The summed E-state index contributed by atoms with van der Waals surface area (Å²) in [6.45, 7) is 4.33. The lowest BCUT2D eigenvalue weighted by atomic mass is 9.76. The number of imide groups is 1. The zero-order chi connectivity index (χ0) is 13.3. The van der Waals surface area contributed by atoms with Crippen molar-refractivity contribution in [2.45, 2.75) is 57.6 Å². The van der Waals surface area contributed by atoms with Gasteiger partial charge in [0, 0.05) is 6.54 Å². The molecule has 5 nitrogen and oxygen atoms in total. The molecule has 0 bridgehead atoms. The Labute approximate surface area is 108 Å². The summed E-state index contributed by atoms with van der Waals surface area (Å²) in [5.74, 6) is 0.475. The molecule has 3 amide bonds. The van der Waals surface area contributed by atoms with Crippen molar-refractivity contribution < 1.29 is 14.7 Å². The summed E-state index contributed by atoms with van der Waals surface area (Å²) in [7, 11) is 0. The van der Waals surface area contributed by atoms with Gasteiger partial charge in [0.1, 0.15) is 5.54 Å². The number of hydrogen-bond donors (Lipinski definition) is 2. The first-order chi connectivity index (χ1) is 8.45. The normalized spacial score (nSPS) is 33.9. The summed E-state index contributed by atoms with van der Waals surface area (Å²) >= 11 is 0. The number of nitrogens with one attached hydrogen (secondary N) is 1. The van der Waals surface area contributed by atoms with Crippen LogP contribution in [0.1, 0.15) is 46.0 Å². The van der Waals surface area contributed by atoms with Crippen LogP contribution in [0, 0.1) is 5.92 Å². The maximum atomic E-state index is 12.1. The van der Waals surface area contributed by atoms with E-state index < -0.39 is 11.6 Å². The lowest BCUT2D eigenvalue weighted by Crippen LogP contribution is -2.52. The van der Waals surface area contributed by atoms with Crippen LogP contribution in [0.2, 0.25) is 0 Å². The van der Waals surface area contributed by atoms with E-state index in [1.165, 1.54) is 0 Å². The Kier molecular flexibility index (Phi) is 3.61. The first kappa shape index (κ1) is 13.3. The highest BCUT2D eigenvalue weighted by Gasteiger charge is 2.53. The van der Waals surface area contributed by atoms with Crippen molar-refractivity contribution in [3.8, 4) is 0 Å². The second-order valence-corrected chi connectivity index (χ2v) is 5.76. The van der Waals surface area contributed by atoms with Crippen molar-refractivity contribution in [3.05, 3.63) is 0 Å². The van der Waals surface area contributed by atoms with E-state index in [1.807, 2.05) is 0 Å². The lowest BCUT2D eigenvalue weighted by Gasteiger charge is -2.40. The van der Waals surface area contributed by atoms with Crippen molar-refractivity contribution >= 4 is 11.9 Å². The van der Waals surface area contributed by atoms with Crippen LogP contribution in [-0.2, 0) is 4.79 Å². The van der Waals surface area contributed by atoms with Crippen molar-refractivity contribution in [1.82, 2.24) is 10.2 Å². The van der Waals surface area contributed by atoms with Gasteiger partial charge < -0.3 is 10.0 Å². The van der Waals surface area contributed by atoms with Crippen molar-refractivity contribution in [2.75, 3.05) is 6.54 Å². The third-order valence-corrected chi connectivity index (χ3v) is 4.28. The molecule has 2 fully saturated rings. The third-order valence-electron chi connectivity index (χ3n) is 4.28. The predicted molar refractivity (Wildman–Crippen MR) is 66.9 cm³/mol. The molecule has 1 aliphatic heterocycles. The summed E-state index contributed by atoms with van der Waals surface area (Å²) in [4.78, 5) is 25.6. The zero-order valence-corrected chi connectivity index (χ0v) is 11.1. The van der Waals surface area contributed by atoms with Gasteiger partial charge in [0.25, 0.3) is 5.91 Å². The number of aliphatic hydroxyl groups is 1. The van der Waals surface area contributed by atoms with Gasteiger partial charge in [-0.25, -0.2) is 4.79 Å². The van der Waals surface area contributed by atoms with Gasteiger partial charge in [-0.1, -0.05) is 6.92 Å². The molecule has 2 N–H and O–H groups in total. The van der Waals surface area contributed by atoms with Crippen molar-refractivity contribution in [1.29, 1.82) is 0 Å². The van der Waals surface area contributed by atoms with E-state index in [9.17, 15) is 14.7 Å². The standard InChI is InChI=1S/C13H22N2O3/c1-9-3-6-13(7-4-9)11(17)14-12(18)15(13)8-5-10(2)16/h9-10,16H,3-8H2,1-2H3,(H,14,17,18). The van der Waals surface area contributed by atoms with E-state index in [2.05, 4.69) is 12.2 Å². The minimum absolute atomic E-state index is 0.148. The van der Waals surface area contributed by atoms with Gasteiger partial charge in [-0.2, -0.15) is 0 Å². The average molecular weight is 254 g/mol. The fourth-order valence-electron chi connectivity index (χ4n) is 2.97. The molecule has 2 aliphatic rings. The number of hydrogen-bond acceptors (Lipinski definition) is 3. The third kappa shape index (κ3) is 2.23. The number of amides is 3. The molecule has 0 aromatic carbocycles. The molecular weight excluding hydrogens is 232 g/mol. The van der Waals surface area contributed by atoms with E-state index in [4.69, 9.17) is 0 Å². The Bertz CT molecular complexity index is 346. The van der Waals surface area contributed by atoms with E-state index in [-0.39, 0.29) is 11.9 Å². The van der Waals surface area contributed by atoms with Gasteiger partial charge in [0.2, 0.25) is 0 Å². The SMILES string of the molecule is CC(O)CCN1C(=O)NC(=O)C12CCC(C)CC2. The minimum atomic E-state index is -0.640. The summed E-state index contributed by atoms with van der Waals surface area (Å²) in [5.41, 5.74) is -0.640. The van der Waals surface area contributed by atoms with Crippen LogP contribution < -0.4 is 5.32 Å². The Morgan fingerprint density at radius 2 is 2.06 bits per heavy atom. The van der Waals surface area contributed by atoms with Crippen LogP contribution in [0.4, 0.5) is 4.79 Å². The van der Waals surface area contributed by atoms with Crippen molar-refractivity contribution in [3.63, 3.8) is 0 Å². The van der Waals surface area contributed by atoms with Crippen LogP contribution in [0.5, 0.6) is 0 Å². The topological polar surface area (TPSA) is 69.6 Å². The monoisotopic (exact) mass is 254 g/mol. The molecule has 102 valence electrons. The Morgan fingerprint density at radius 1 is 1.44 bits per heavy atom. The minimum Gasteiger partial charge on any atom is -0.393 e. The quantitative estimate of drug-likeness (QED) is 0.745. The van der Waals surface area contributed by atoms with E-state index in [0.717, 1.165) is 25.7 Å². The molecule has 0 radical (unpaired) electrons. The average Bonchev–Trinajstić information content (AvgIpc) is 2.52. The summed E-state index contributed by atoms with van der Waals surface area (Å²) in [5, 5.41) is 11.8. The predicted octanol–water partition coefficient (Wildman–Crippen LogP) is 1.26. The molecule has 1 saturated carbocycles. The first-order valence-corrected chi connectivity index (χ1v) is 6.77. The molecule has 0 aromatic heterocycles. The highest BCUT2D eigenvalue weighted by Crippen LogP contribution is 2.39. The van der Waals surface area contributed by atoms with E-state index in [1.54, 1.807) is 11.8 Å². The maximum absolute atomic E-state index is 12.1. The Morgan fingerprint density at radius 3 is 2.61 bits per heavy atom. The smallest absolute Gasteiger partial charge is 0.325 e. The second kappa shape index (κ2) is 4.88. The van der Waals surface area contributed by atoms with Crippen LogP contribution in [0.25, 0.3) is 0 Å². The summed E-state index contributed by atoms with van der Waals surface area (Å²) in [6, 6.07) is -0.296. The molecule has 0 aromatic rings. The number of carbonyl (C=O) groups excluding carboxylic acids is 2. The van der Waals surface area contributed by atoms with Gasteiger partial charge in [0.05, 0.1) is 6.10 Å². The molecule has 5 heteroatoms. The largest absolute Gasteiger partial charge is 0.393 e. The maximum Gasteiger partial charge on any atom is 0.325 e. The van der Waals surface area contributed by atoms with Gasteiger partial charge >= 0.3 is 6.03 Å². The zero-order valence-electron chi connectivity index (χ0n) is 11.1. The van der Waals surface area contributed by atoms with Crippen LogP contribution >= 0.6 is 0 Å². The molecule has 1 heterocycles. The Balaban J connectivity index is 2.14. The van der Waals surface area contributed by atoms with Crippen molar-refractivity contribution in [2.24, 2.45) is 5.92 Å². The molecule has 1 spiro atoms. The van der Waals surface area contributed by atoms with Gasteiger partial charge in [0.15, 0.2) is 0 Å². The number of aliphatic hydroxyl groups excluding tert-OH is 1. The summed E-state index contributed by atoms with van der Waals surface area (Å²) < 4.78 is 0. The van der Waals surface area contributed by atoms with Crippen LogP contribution in [0.15, 0.2) is 0 Å². The van der Waals surface area contributed by atoms with Gasteiger partial charge in [-0.3, -0.25) is 10.1 Å². The number of carbonyl (C=O) groups is 2. The van der Waals surface area contributed by atoms with Gasteiger partial charge in [-0.05, 0) is 44.9 Å². The molecule has 1 saturated heterocycles. The molecule has 1 atom stereocenters. The Hall–Kier alpha value is -1.10. The van der Waals surface area contributed by atoms with E-state index >= 15 is 0 Å². The van der Waals surface area contributed by atoms with Crippen LogP contribution in [0.3, 0.4) is 0 Å². The molecule has 1 unspecified atom stereocenters. The lowest BCUT2D eigenvalue weighted by molar-refractivity contribution is -0.128. The fourth-order valence-corrected chi connectivity index (χ4v) is 2.97. The molecule has 1 aliphatic carbocycles. The highest BCUT2D eigenvalue weighted by atomic mass is 16.3. The number of urea groups is 1. The van der Waals surface area contributed by atoms with E-state index in [0.29, 0.717) is 18.9 Å². The first-order valence-electron chi connectivity index (χ1n) is 6.77.